The van der Waals surface area contributed by atoms with Gasteiger partial charge in [-0.05, 0) is 37.8 Å². The van der Waals surface area contributed by atoms with Gasteiger partial charge in [-0.15, -0.1) is 0 Å². The molecule has 0 unspecified atom stereocenters. The van der Waals surface area contributed by atoms with Crippen LogP contribution in [0.5, 0.6) is 0 Å². The van der Waals surface area contributed by atoms with Crippen molar-refractivity contribution in [3.05, 3.63) is 35.9 Å². The summed E-state index contributed by atoms with van der Waals surface area (Å²) in [7, 11) is 0. The quantitative estimate of drug-likeness (QED) is 0.0822. The molecule has 0 radical (unpaired) electrons. The van der Waals surface area contributed by atoms with Crippen molar-refractivity contribution in [1.82, 2.24) is 0 Å². The fourth-order valence-corrected chi connectivity index (χ4v) is 7.08. The number of carbonyl (C=O) groups is 2. The first-order chi connectivity index (χ1) is 24.0. The Morgan fingerprint density at radius 3 is 2.16 bits per heavy atom. The van der Waals surface area contributed by atoms with Gasteiger partial charge in [-0.25, -0.2) is 4.79 Å². The van der Waals surface area contributed by atoms with Crippen molar-refractivity contribution in [2.24, 2.45) is 5.92 Å². The Balaban J connectivity index is 0.00000583. The standard InChI is InChI=1S/C34H50O16.Na/c1-17-24(37)26(39)27(40)33(45-17)50-28-20(12-13-44-23(28)16-36)47-34-30(49-32(43)19-10-6-3-7-11-19)29(25(38)22(15-35)48-34)46-21(31(41)42)14-18-8-4-2-5-9-18;/h3,6-7,10-11,17-18,20-30,33-40H,2,4-5,8-9,12-16H2,1H3,(H,41,42);/q;+1/p-1/t17-,20+,21-,22+,23+,24+,25-,26+,27-,28-,29-,30+,33-,34+;/m0./s1. The minimum absolute atomic E-state index is 0. The largest absolute Gasteiger partial charge is 1.00 e. The van der Waals surface area contributed by atoms with Crippen LogP contribution in [0.2, 0.25) is 0 Å². The first-order valence-corrected chi connectivity index (χ1v) is 17.3. The van der Waals surface area contributed by atoms with Gasteiger partial charge in [-0.2, -0.15) is 0 Å². The molecule has 51 heavy (non-hydrogen) atoms. The van der Waals surface area contributed by atoms with Gasteiger partial charge in [0.15, 0.2) is 18.7 Å². The SMILES string of the molecule is C[C@@H]1O[C@@H](O[C@@H]2[C@@H](CO)OCC[C@H]2O[C@@H]2O[C@H](CO)[C@H](O)[C@H](O[C@@H](CC3CCCCC3)C(=O)[O-])[C@H]2OC(=O)c2ccccc2)[C@@H](O)[C@H](O)[C@@H]1O.[Na+]. The number of aliphatic hydroxyl groups is 6. The first-order valence-electron chi connectivity index (χ1n) is 17.3. The molecule has 0 amide bonds. The summed E-state index contributed by atoms with van der Waals surface area (Å²) in [5, 5.41) is 75.2. The predicted molar refractivity (Wildman–Crippen MR) is 166 cm³/mol. The molecule has 3 heterocycles. The number of carboxylic acid groups (broad SMARTS) is 1. The van der Waals surface area contributed by atoms with Gasteiger partial charge < -0.3 is 73.7 Å². The number of ether oxygens (including phenoxy) is 7. The Hall–Kier alpha value is -1.32. The van der Waals surface area contributed by atoms with Gasteiger partial charge in [0, 0.05) is 6.61 Å². The van der Waals surface area contributed by atoms with Crippen molar-refractivity contribution in [3.63, 3.8) is 0 Å². The average molecular weight is 737 g/mol. The van der Waals surface area contributed by atoms with Crippen molar-refractivity contribution >= 4 is 11.9 Å². The molecular formula is C34H49NaO16. The van der Waals surface area contributed by atoms with E-state index in [1.807, 2.05) is 0 Å². The minimum atomic E-state index is -1.69. The summed E-state index contributed by atoms with van der Waals surface area (Å²) in [5.41, 5.74) is 0.133. The summed E-state index contributed by atoms with van der Waals surface area (Å²) in [6.45, 7) is 0.223. The number of esters is 1. The molecule has 4 aliphatic rings. The van der Waals surface area contributed by atoms with E-state index >= 15 is 0 Å². The number of aliphatic carboxylic acids is 1. The van der Waals surface area contributed by atoms with Crippen LogP contribution in [-0.4, -0.2) is 148 Å². The van der Waals surface area contributed by atoms with E-state index in [-0.39, 0.29) is 60.5 Å². The van der Waals surface area contributed by atoms with Crippen LogP contribution in [-0.2, 0) is 38.0 Å². The van der Waals surface area contributed by atoms with Crippen LogP contribution in [0.1, 0.15) is 62.2 Å². The second kappa shape index (κ2) is 19.8. The monoisotopic (exact) mass is 736 g/mol. The second-order valence-corrected chi connectivity index (χ2v) is 13.4. The van der Waals surface area contributed by atoms with E-state index in [0.29, 0.717) is 0 Å². The van der Waals surface area contributed by atoms with Crippen LogP contribution < -0.4 is 34.7 Å². The third-order valence-corrected chi connectivity index (χ3v) is 9.96. The van der Waals surface area contributed by atoms with Crippen LogP contribution in [0.3, 0.4) is 0 Å². The maximum absolute atomic E-state index is 13.4. The van der Waals surface area contributed by atoms with Crippen molar-refractivity contribution < 1.29 is 108 Å². The molecule has 0 bridgehead atoms. The van der Waals surface area contributed by atoms with Gasteiger partial charge in [0.25, 0.3) is 0 Å². The third-order valence-electron chi connectivity index (χ3n) is 9.96. The molecule has 1 aliphatic carbocycles. The number of hydrogen-bond acceptors (Lipinski definition) is 16. The summed E-state index contributed by atoms with van der Waals surface area (Å²) >= 11 is 0. The Morgan fingerprint density at radius 2 is 1.51 bits per heavy atom. The maximum Gasteiger partial charge on any atom is 1.00 e. The first kappa shape index (κ1) is 42.4. The number of hydrogen-bond donors (Lipinski definition) is 6. The second-order valence-electron chi connectivity index (χ2n) is 13.4. The zero-order valence-corrected chi connectivity index (χ0v) is 30.9. The molecule has 1 saturated carbocycles. The maximum atomic E-state index is 13.4. The molecule has 3 aliphatic heterocycles. The van der Waals surface area contributed by atoms with Gasteiger partial charge in [-0.1, -0.05) is 50.3 Å². The fourth-order valence-electron chi connectivity index (χ4n) is 7.08. The van der Waals surface area contributed by atoms with E-state index in [0.717, 1.165) is 32.1 Å². The van der Waals surface area contributed by atoms with E-state index in [1.54, 1.807) is 18.2 Å². The Labute approximate surface area is 318 Å². The van der Waals surface area contributed by atoms with E-state index in [4.69, 9.17) is 33.2 Å². The van der Waals surface area contributed by atoms with Crippen molar-refractivity contribution in [2.75, 3.05) is 19.8 Å². The fraction of sp³-hybridized carbons (Fsp3) is 0.765. The summed E-state index contributed by atoms with van der Waals surface area (Å²) in [5.74, 6) is -2.34. The number of carboxylic acids is 1. The number of rotatable bonds is 13. The summed E-state index contributed by atoms with van der Waals surface area (Å²) in [4.78, 5) is 25.8. The van der Waals surface area contributed by atoms with Crippen molar-refractivity contribution in [3.8, 4) is 0 Å². The van der Waals surface area contributed by atoms with Gasteiger partial charge in [-0.3, -0.25) is 0 Å². The molecule has 6 N–H and O–H groups in total. The molecule has 4 fully saturated rings. The smallest absolute Gasteiger partial charge is 0.547 e. The van der Waals surface area contributed by atoms with E-state index < -0.39 is 111 Å². The van der Waals surface area contributed by atoms with Crippen LogP contribution in [0.25, 0.3) is 0 Å². The van der Waals surface area contributed by atoms with Crippen molar-refractivity contribution in [2.45, 2.75) is 138 Å². The van der Waals surface area contributed by atoms with Crippen LogP contribution in [0, 0.1) is 5.92 Å². The Morgan fingerprint density at radius 1 is 0.824 bits per heavy atom. The van der Waals surface area contributed by atoms with Crippen LogP contribution in [0.15, 0.2) is 30.3 Å². The van der Waals surface area contributed by atoms with Crippen LogP contribution in [0.4, 0.5) is 0 Å². The van der Waals surface area contributed by atoms with E-state index in [1.165, 1.54) is 19.1 Å². The average Bonchev–Trinajstić information content (AvgIpc) is 3.12. The topological polar surface area (TPSA) is 243 Å². The molecule has 5 rings (SSSR count). The van der Waals surface area contributed by atoms with Gasteiger partial charge >= 0.3 is 35.5 Å². The van der Waals surface area contributed by atoms with E-state index in [2.05, 4.69) is 0 Å². The molecule has 282 valence electrons. The Bertz CT molecular complexity index is 1220. The summed E-state index contributed by atoms with van der Waals surface area (Å²) < 4.78 is 41.5. The summed E-state index contributed by atoms with van der Waals surface area (Å²) in [6, 6.07) is 7.91. The van der Waals surface area contributed by atoms with Gasteiger partial charge in [0.1, 0.15) is 48.8 Å². The predicted octanol–water partition coefficient (Wildman–Crippen LogP) is -4.85. The molecular weight excluding hydrogens is 687 g/mol. The molecule has 17 heteroatoms. The Kier molecular flexibility index (Phi) is 16.5. The normalized spacial score (nSPS) is 38.3. The molecule has 14 atom stereocenters. The third kappa shape index (κ3) is 10.5. The molecule has 1 aromatic rings. The zero-order valence-electron chi connectivity index (χ0n) is 28.9. The van der Waals surface area contributed by atoms with Crippen molar-refractivity contribution in [1.29, 1.82) is 0 Å². The minimum Gasteiger partial charge on any atom is -0.547 e. The molecule has 0 spiro atoms. The molecule has 1 aromatic carbocycles. The van der Waals surface area contributed by atoms with Gasteiger partial charge in [0.05, 0.1) is 43.1 Å². The molecule has 0 aromatic heterocycles. The number of aliphatic hydroxyl groups excluding tert-OH is 6. The molecule has 3 saturated heterocycles. The number of carbonyl (C=O) groups excluding carboxylic acids is 2. The number of benzene rings is 1. The van der Waals surface area contributed by atoms with E-state index in [9.17, 15) is 45.3 Å². The van der Waals surface area contributed by atoms with Crippen LogP contribution >= 0.6 is 0 Å². The zero-order chi connectivity index (χ0) is 35.9. The molecule has 16 nitrogen and oxygen atoms in total. The van der Waals surface area contributed by atoms with Gasteiger partial charge in [0.2, 0.25) is 0 Å². The summed E-state index contributed by atoms with van der Waals surface area (Å²) in [6.07, 6.45) is -15.0.